The summed E-state index contributed by atoms with van der Waals surface area (Å²) in [4.78, 5) is 31.0. The summed E-state index contributed by atoms with van der Waals surface area (Å²) in [5.74, 6) is 0.658. The highest BCUT2D eigenvalue weighted by Gasteiger charge is 2.30. The van der Waals surface area contributed by atoms with E-state index in [4.69, 9.17) is 16.3 Å². The van der Waals surface area contributed by atoms with E-state index in [1.54, 1.807) is 6.20 Å². The molecule has 2 atom stereocenters. The van der Waals surface area contributed by atoms with Crippen LogP contribution >= 0.6 is 22.9 Å². The smallest absolute Gasteiger partial charge is 0.230 e. The van der Waals surface area contributed by atoms with Crippen molar-refractivity contribution < 1.29 is 19.4 Å². The molecule has 2 aromatic heterocycles. The monoisotopic (exact) mass is 498 g/mol. The van der Waals surface area contributed by atoms with Gasteiger partial charge in [-0.15, -0.1) is 11.3 Å². The minimum atomic E-state index is -0.122. The molecule has 1 aromatic carbocycles. The minimum absolute atomic E-state index is 0.0409. The van der Waals surface area contributed by atoms with E-state index >= 15 is 0 Å². The van der Waals surface area contributed by atoms with Crippen molar-refractivity contribution in [3.63, 3.8) is 0 Å². The molecular weight excluding hydrogens is 472 g/mol. The molecule has 3 aromatic rings. The Balaban J connectivity index is 1.55. The Morgan fingerprint density at radius 2 is 1.91 bits per heavy atom. The number of rotatable bonds is 6. The Morgan fingerprint density at radius 1 is 1.15 bits per heavy atom. The molecule has 178 valence electrons. The van der Waals surface area contributed by atoms with Crippen molar-refractivity contribution in [1.29, 1.82) is 0 Å². The summed E-state index contributed by atoms with van der Waals surface area (Å²) >= 11 is 8.02. The first-order chi connectivity index (χ1) is 16.4. The molecular formula is C26H27ClN2O4S. The fourth-order valence-electron chi connectivity index (χ4n) is 5.01. The van der Waals surface area contributed by atoms with Gasteiger partial charge in [0.05, 0.1) is 16.8 Å². The average Bonchev–Trinajstić information content (AvgIpc) is 3.38. The van der Waals surface area contributed by atoms with Crippen molar-refractivity contribution in [1.82, 2.24) is 9.88 Å². The number of fused-ring (bicyclic) bond motifs is 1. The Morgan fingerprint density at radius 3 is 2.68 bits per heavy atom. The lowest BCUT2D eigenvalue weighted by atomic mass is 9.87. The quantitative estimate of drug-likeness (QED) is 0.454. The number of halogens is 1. The van der Waals surface area contributed by atoms with Gasteiger partial charge in [-0.25, -0.2) is 0 Å². The third-order valence-electron chi connectivity index (χ3n) is 6.80. The summed E-state index contributed by atoms with van der Waals surface area (Å²) in [5, 5.41) is 10.5. The highest BCUT2D eigenvalue weighted by molar-refractivity contribution is 7.19. The van der Waals surface area contributed by atoms with Crippen LogP contribution in [0.1, 0.15) is 49.0 Å². The highest BCUT2D eigenvalue weighted by atomic mass is 35.5. The van der Waals surface area contributed by atoms with Crippen molar-refractivity contribution in [2.24, 2.45) is 5.92 Å². The van der Waals surface area contributed by atoms with Gasteiger partial charge < -0.3 is 9.84 Å². The first kappa shape index (κ1) is 23.3. The van der Waals surface area contributed by atoms with Crippen LogP contribution in [0, 0.1) is 12.8 Å². The number of amides is 2. The molecule has 2 aliphatic rings. The molecule has 0 radical (unpaired) electrons. The van der Waals surface area contributed by atoms with Gasteiger partial charge in [0.25, 0.3) is 0 Å². The SMILES string of the molecule is Cc1cc(Cl)cc(-c2ccnc3cc(CN4C(=O)CCC4=O)sc23)c1OC1CCCCC1CO. The number of imide groups is 1. The van der Waals surface area contributed by atoms with Gasteiger partial charge >= 0.3 is 0 Å². The molecule has 1 aliphatic carbocycles. The zero-order valence-corrected chi connectivity index (χ0v) is 20.6. The maximum absolute atomic E-state index is 12.1. The van der Waals surface area contributed by atoms with E-state index in [1.165, 1.54) is 16.2 Å². The Bertz CT molecular complexity index is 1240. The number of thiophene rings is 1. The molecule has 1 N–H and O–H groups in total. The standard InChI is InChI=1S/C26H27ClN2O4S/c1-15-10-17(27)11-20(25(15)33-22-5-3-2-4-16(22)14-30)19-8-9-28-21-12-18(34-26(19)21)13-29-23(31)6-7-24(29)32/h8-12,16,22,30H,2-7,13-14H2,1H3. The number of carbonyl (C=O) groups is 2. The number of pyridine rings is 1. The highest BCUT2D eigenvalue weighted by Crippen LogP contribution is 2.43. The van der Waals surface area contributed by atoms with Gasteiger partial charge in [-0.05, 0) is 56.0 Å². The average molecular weight is 499 g/mol. The Labute approximate surface area is 207 Å². The third kappa shape index (κ3) is 4.44. The molecule has 6 nitrogen and oxygen atoms in total. The molecule has 2 fully saturated rings. The van der Waals surface area contributed by atoms with Crippen molar-refractivity contribution in [2.75, 3.05) is 6.61 Å². The number of aryl methyl sites for hydroxylation is 1. The summed E-state index contributed by atoms with van der Waals surface area (Å²) in [6.07, 6.45) is 6.37. The zero-order chi connectivity index (χ0) is 23.8. The van der Waals surface area contributed by atoms with Gasteiger partial charge in [0.15, 0.2) is 0 Å². The lowest BCUT2D eigenvalue weighted by Gasteiger charge is -2.32. The second-order valence-corrected chi connectivity index (χ2v) is 10.7. The second-order valence-electron chi connectivity index (χ2n) is 9.14. The van der Waals surface area contributed by atoms with Crippen LogP contribution in [-0.2, 0) is 16.1 Å². The van der Waals surface area contributed by atoms with E-state index in [1.807, 2.05) is 31.2 Å². The summed E-state index contributed by atoms with van der Waals surface area (Å²) in [5.41, 5.74) is 3.60. The fourth-order valence-corrected chi connectivity index (χ4v) is 6.41. The van der Waals surface area contributed by atoms with E-state index in [2.05, 4.69) is 4.98 Å². The fraction of sp³-hybridized carbons (Fsp3) is 0.423. The van der Waals surface area contributed by atoms with Crippen LogP contribution in [0.25, 0.3) is 21.3 Å². The summed E-state index contributed by atoms with van der Waals surface area (Å²) < 4.78 is 7.55. The predicted molar refractivity (Wildman–Crippen MR) is 133 cm³/mol. The van der Waals surface area contributed by atoms with Crippen molar-refractivity contribution >= 4 is 45.0 Å². The first-order valence-corrected chi connectivity index (χ1v) is 12.9. The van der Waals surface area contributed by atoms with Crippen LogP contribution in [0.4, 0.5) is 0 Å². The number of ether oxygens (including phenoxy) is 1. The zero-order valence-electron chi connectivity index (χ0n) is 19.1. The number of likely N-dealkylation sites (tertiary alicyclic amines) is 1. The number of aliphatic hydroxyl groups excluding tert-OH is 1. The number of nitrogens with zero attached hydrogens (tertiary/aromatic N) is 2. The van der Waals surface area contributed by atoms with Crippen LogP contribution in [0.3, 0.4) is 0 Å². The van der Waals surface area contributed by atoms with Gasteiger partial charge in [-0.2, -0.15) is 0 Å². The minimum Gasteiger partial charge on any atom is -0.489 e. The molecule has 1 saturated carbocycles. The summed E-state index contributed by atoms with van der Waals surface area (Å²) in [6.45, 7) is 2.38. The molecule has 1 saturated heterocycles. The van der Waals surface area contributed by atoms with Crippen LogP contribution in [0.2, 0.25) is 5.02 Å². The lowest BCUT2D eigenvalue weighted by molar-refractivity contribution is -0.138. The number of carbonyl (C=O) groups excluding carboxylic acids is 2. The molecule has 2 amide bonds. The number of benzene rings is 1. The van der Waals surface area contributed by atoms with Crippen molar-refractivity contribution in [3.05, 3.63) is 45.9 Å². The summed E-state index contributed by atoms with van der Waals surface area (Å²) in [7, 11) is 0. The van der Waals surface area contributed by atoms with Crippen molar-refractivity contribution in [3.8, 4) is 16.9 Å². The van der Waals surface area contributed by atoms with Crippen LogP contribution < -0.4 is 4.74 Å². The van der Waals surface area contributed by atoms with Crippen LogP contribution in [-0.4, -0.2) is 39.5 Å². The van der Waals surface area contributed by atoms with E-state index in [9.17, 15) is 14.7 Å². The third-order valence-corrected chi connectivity index (χ3v) is 8.16. The molecule has 5 rings (SSSR count). The van der Waals surface area contributed by atoms with E-state index in [0.717, 1.165) is 63.2 Å². The first-order valence-electron chi connectivity index (χ1n) is 11.7. The molecule has 1 aliphatic heterocycles. The number of aromatic nitrogens is 1. The topological polar surface area (TPSA) is 79.7 Å². The predicted octanol–water partition coefficient (Wildman–Crippen LogP) is 5.50. The van der Waals surface area contributed by atoms with Gasteiger partial charge in [-0.3, -0.25) is 19.5 Å². The van der Waals surface area contributed by atoms with E-state index < -0.39 is 0 Å². The second kappa shape index (κ2) is 9.64. The maximum atomic E-state index is 12.1. The van der Waals surface area contributed by atoms with Gasteiger partial charge in [0.2, 0.25) is 11.8 Å². The number of aliphatic hydroxyl groups is 1. The van der Waals surface area contributed by atoms with Crippen LogP contribution in [0.15, 0.2) is 30.5 Å². The maximum Gasteiger partial charge on any atom is 0.230 e. The molecule has 0 spiro atoms. The molecule has 34 heavy (non-hydrogen) atoms. The van der Waals surface area contributed by atoms with Gasteiger partial charge in [0.1, 0.15) is 11.9 Å². The van der Waals surface area contributed by atoms with E-state index in [0.29, 0.717) is 5.02 Å². The summed E-state index contributed by atoms with van der Waals surface area (Å²) in [6, 6.07) is 7.72. The number of hydrogen-bond acceptors (Lipinski definition) is 6. The number of hydrogen-bond donors (Lipinski definition) is 1. The Kier molecular flexibility index (Phi) is 6.60. The van der Waals surface area contributed by atoms with Gasteiger partial charge in [0, 0.05) is 52.6 Å². The molecule has 3 heterocycles. The van der Waals surface area contributed by atoms with Gasteiger partial charge in [-0.1, -0.05) is 18.0 Å². The van der Waals surface area contributed by atoms with E-state index in [-0.39, 0.29) is 49.8 Å². The molecule has 2 unspecified atom stereocenters. The van der Waals surface area contributed by atoms with Crippen LogP contribution in [0.5, 0.6) is 5.75 Å². The normalized spacial score (nSPS) is 21.0. The lowest BCUT2D eigenvalue weighted by Crippen LogP contribution is -2.33. The molecule has 8 heteroatoms. The molecule has 0 bridgehead atoms. The largest absolute Gasteiger partial charge is 0.489 e. The Hall–Kier alpha value is -2.48. The van der Waals surface area contributed by atoms with Crippen molar-refractivity contribution in [2.45, 2.75) is 58.1 Å².